The third-order valence-corrected chi connectivity index (χ3v) is 9.37. The second kappa shape index (κ2) is 16.5. The molecule has 0 N–H and O–H groups in total. The Hall–Kier alpha value is 1.13. The molecule has 2 aliphatic carbocycles. The minimum absolute atomic E-state index is 0. The molecule has 2 aliphatic rings. The molecule has 2 saturated carbocycles. The largest absolute Gasteiger partial charge is 2.00 e. The van der Waals surface area contributed by atoms with Crippen LogP contribution in [0.15, 0.2) is 0 Å². The summed E-state index contributed by atoms with van der Waals surface area (Å²) in [6.45, 7) is 13.0. The zero-order valence-electron chi connectivity index (χ0n) is 14.7. The maximum absolute atomic E-state index is 2.66. The summed E-state index contributed by atoms with van der Waals surface area (Å²) in [4.78, 5) is 0. The molecule has 0 unspecified atom stereocenters. The fourth-order valence-corrected chi connectivity index (χ4v) is 7.69. The monoisotopic (exact) mass is 392 g/mol. The van der Waals surface area contributed by atoms with Gasteiger partial charge in [0.25, 0.3) is 0 Å². The van der Waals surface area contributed by atoms with Gasteiger partial charge in [-0.05, 0) is 6.54 Å². The van der Waals surface area contributed by atoms with Gasteiger partial charge < -0.3 is 4.23 Å². The molecule has 20 heavy (non-hydrogen) atoms. The number of hydrogen-bond donors (Lipinski definition) is 0. The Kier molecular flexibility index (Phi) is 19.3. The van der Waals surface area contributed by atoms with Crippen molar-refractivity contribution in [3.05, 3.63) is 0 Å². The molecule has 1 nitrogen and oxygen atoms in total. The van der Waals surface area contributed by atoms with Crippen LogP contribution in [-0.4, -0.2) is 28.7 Å². The Morgan fingerprint density at radius 2 is 0.800 bits per heavy atom. The molecule has 0 aromatic rings. The van der Waals surface area contributed by atoms with E-state index in [4.69, 9.17) is 0 Å². The van der Waals surface area contributed by atoms with Crippen LogP contribution in [0, 0.1) is 0 Å². The second-order valence-corrected chi connectivity index (χ2v) is 11.5. The third kappa shape index (κ3) is 14.1. The molecule has 2 rings (SSSR count). The molecule has 0 amide bonds. The second-order valence-electron chi connectivity index (χ2n) is 6.17. The Morgan fingerprint density at radius 3 is 0.850 bits per heavy atom. The fourth-order valence-electron chi connectivity index (χ4n) is 2.85. The van der Waals surface area contributed by atoms with Gasteiger partial charge in [0.1, 0.15) is 17.9 Å². The Labute approximate surface area is 148 Å². The van der Waals surface area contributed by atoms with Gasteiger partial charge in [0, 0.05) is 0 Å². The number of hydrogen-bond acceptors (Lipinski definition) is 1. The van der Waals surface area contributed by atoms with Gasteiger partial charge in [-0.3, -0.25) is 0 Å². The summed E-state index contributed by atoms with van der Waals surface area (Å²) >= 11 is 0. The van der Waals surface area contributed by atoms with E-state index in [1.807, 2.05) is 0 Å². The van der Waals surface area contributed by atoms with Crippen LogP contribution in [0.25, 0.3) is 0 Å². The predicted molar refractivity (Wildman–Crippen MR) is 93.5 cm³/mol. The Bertz CT molecular complexity index is 148. The average molecular weight is 393 g/mol. The van der Waals surface area contributed by atoms with E-state index in [2.05, 4.69) is 37.3 Å². The molecule has 0 atom stereocenters. The SMILES string of the molecule is C1CCCC1.C1CCCC1.CCN([Si](C)C)[Si](C)C.[Nb+2]. The summed E-state index contributed by atoms with van der Waals surface area (Å²) in [7, 11) is -0.290. The van der Waals surface area contributed by atoms with Crippen LogP contribution >= 0.6 is 0 Å². The summed E-state index contributed by atoms with van der Waals surface area (Å²) in [5, 5.41) is 0. The van der Waals surface area contributed by atoms with Crippen molar-refractivity contribution in [3.63, 3.8) is 0 Å². The van der Waals surface area contributed by atoms with Crippen LogP contribution in [0.1, 0.15) is 71.1 Å². The van der Waals surface area contributed by atoms with Gasteiger partial charge in [-0.15, -0.1) is 0 Å². The minimum atomic E-state index is -0.145. The van der Waals surface area contributed by atoms with Gasteiger partial charge in [-0.2, -0.15) is 0 Å². The van der Waals surface area contributed by atoms with Gasteiger partial charge in [-0.25, -0.2) is 0 Å². The smallest absolute Gasteiger partial charge is 0.348 e. The molecular formula is C16H37NNbSi2+2. The Balaban J connectivity index is 0. The first-order chi connectivity index (χ1) is 9.09. The molecule has 0 aromatic heterocycles. The van der Waals surface area contributed by atoms with E-state index in [1.165, 1.54) is 70.8 Å². The maximum atomic E-state index is 2.66. The molecule has 0 aliphatic heterocycles. The molecule has 0 spiro atoms. The first kappa shape index (κ1) is 23.4. The zero-order chi connectivity index (χ0) is 14.5. The van der Waals surface area contributed by atoms with Gasteiger partial charge in [0.05, 0.1) is 0 Å². The van der Waals surface area contributed by atoms with E-state index in [0.29, 0.717) is 0 Å². The van der Waals surface area contributed by atoms with Crippen molar-refractivity contribution in [3.8, 4) is 0 Å². The average Bonchev–Trinajstić information content (AvgIpc) is 3.09. The van der Waals surface area contributed by atoms with E-state index in [1.54, 1.807) is 0 Å². The fraction of sp³-hybridized carbons (Fsp3) is 1.00. The van der Waals surface area contributed by atoms with Crippen molar-refractivity contribution in [2.24, 2.45) is 0 Å². The summed E-state index contributed by atoms with van der Waals surface area (Å²) in [5.41, 5.74) is 0. The molecule has 0 saturated heterocycles. The number of nitrogens with zero attached hydrogens (tertiary/aromatic N) is 1. The van der Waals surface area contributed by atoms with Crippen LogP contribution in [-0.2, 0) is 22.4 Å². The van der Waals surface area contributed by atoms with Crippen molar-refractivity contribution in [1.82, 2.24) is 4.23 Å². The van der Waals surface area contributed by atoms with Crippen molar-refractivity contribution < 1.29 is 22.4 Å². The number of rotatable bonds is 3. The van der Waals surface area contributed by atoms with E-state index >= 15 is 0 Å². The molecule has 117 valence electrons. The Morgan fingerprint density at radius 1 is 0.600 bits per heavy atom. The van der Waals surface area contributed by atoms with E-state index < -0.39 is 0 Å². The molecule has 4 heteroatoms. The first-order valence-electron chi connectivity index (χ1n) is 8.47. The summed E-state index contributed by atoms with van der Waals surface area (Å²) < 4.78 is 2.66. The van der Waals surface area contributed by atoms with Gasteiger partial charge in [0.15, 0.2) is 0 Å². The summed E-state index contributed by atoms with van der Waals surface area (Å²) in [6.07, 6.45) is 15.0. The van der Waals surface area contributed by atoms with E-state index in [0.717, 1.165) is 0 Å². The van der Waals surface area contributed by atoms with Gasteiger partial charge >= 0.3 is 22.4 Å². The van der Waals surface area contributed by atoms with Crippen molar-refractivity contribution in [2.75, 3.05) is 6.54 Å². The standard InChI is InChI=1S/C6H17NSi2.2C5H10.Nb/c1-6-7(8(2)3)9(4)5;2*1-2-4-5-3-1;/h6H2,1-5H3;2*1-5H2;/q;;;+2. The zero-order valence-corrected chi connectivity index (χ0v) is 18.9. The molecule has 3 radical (unpaired) electrons. The third-order valence-electron chi connectivity index (χ3n) is 3.90. The predicted octanol–water partition coefficient (Wildman–Crippen LogP) is 5.71. The normalized spacial score (nSPS) is 17.4. The molecule has 0 heterocycles. The van der Waals surface area contributed by atoms with Crippen molar-refractivity contribution in [2.45, 2.75) is 97.3 Å². The van der Waals surface area contributed by atoms with E-state index in [9.17, 15) is 0 Å². The van der Waals surface area contributed by atoms with Crippen LogP contribution in [0.3, 0.4) is 0 Å². The van der Waals surface area contributed by atoms with E-state index in [-0.39, 0.29) is 40.3 Å². The molecule has 0 bridgehead atoms. The van der Waals surface area contributed by atoms with Crippen molar-refractivity contribution >= 4 is 17.9 Å². The summed E-state index contributed by atoms with van der Waals surface area (Å²) in [6, 6.07) is 0. The topological polar surface area (TPSA) is 3.24 Å². The molecule has 0 aromatic carbocycles. The van der Waals surface area contributed by atoms with Crippen LogP contribution in [0.2, 0.25) is 26.2 Å². The van der Waals surface area contributed by atoms with Crippen LogP contribution in [0.4, 0.5) is 0 Å². The maximum Gasteiger partial charge on any atom is 2.00 e. The van der Waals surface area contributed by atoms with Crippen molar-refractivity contribution in [1.29, 1.82) is 0 Å². The first-order valence-corrected chi connectivity index (χ1v) is 13.4. The van der Waals surface area contributed by atoms with Gasteiger partial charge in [-0.1, -0.05) is 97.3 Å². The quantitative estimate of drug-likeness (QED) is 0.556. The summed E-state index contributed by atoms with van der Waals surface area (Å²) in [5.74, 6) is 0. The molecule has 2 fully saturated rings. The van der Waals surface area contributed by atoms with Crippen LogP contribution < -0.4 is 0 Å². The van der Waals surface area contributed by atoms with Gasteiger partial charge in [0.2, 0.25) is 0 Å². The molecular weight excluding hydrogens is 355 g/mol. The van der Waals surface area contributed by atoms with Crippen LogP contribution in [0.5, 0.6) is 0 Å². The minimum Gasteiger partial charge on any atom is -0.348 e.